The Hall–Kier alpha value is -1.67. The Kier molecular flexibility index (Phi) is 5.49. The molecule has 0 spiro atoms. The van der Waals surface area contributed by atoms with Gasteiger partial charge in [-0.15, -0.1) is 0 Å². The van der Waals surface area contributed by atoms with Crippen molar-refractivity contribution in [1.82, 2.24) is 14.6 Å². The number of hydrogen-bond donors (Lipinski definition) is 1. The number of pyridine rings is 1. The number of rotatable bonds is 3. The van der Waals surface area contributed by atoms with E-state index in [9.17, 15) is 13.2 Å². The van der Waals surface area contributed by atoms with Gasteiger partial charge in [0, 0.05) is 37.8 Å². The van der Waals surface area contributed by atoms with Crippen molar-refractivity contribution in [3.05, 3.63) is 18.3 Å². The van der Waals surface area contributed by atoms with E-state index in [1.165, 1.54) is 13.2 Å². The third kappa shape index (κ3) is 4.24. The molecule has 2 rings (SSSR count). The maximum atomic E-state index is 12.4. The zero-order chi connectivity index (χ0) is 18.0. The minimum absolute atomic E-state index is 0.146. The third-order valence-corrected chi connectivity index (χ3v) is 5.45. The SMILES string of the molecule is CNS(=O)(=O)c1ccc(N2CCCN(C(=O)C(C)(C)C)CC2)nc1. The predicted molar refractivity (Wildman–Crippen MR) is 93.3 cm³/mol. The molecule has 0 atom stereocenters. The highest BCUT2D eigenvalue weighted by atomic mass is 32.2. The summed E-state index contributed by atoms with van der Waals surface area (Å²) in [7, 11) is -2.10. The minimum atomic E-state index is -3.47. The van der Waals surface area contributed by atoms with Crippen molar-refractivity contribution in [1.29, 1.82) is 0 Å². The quantitative estimate of drug-likeness (QED) is 0.878. The van der Waals surface area contributed by atoms with Gasteiger partial charge in [-0.25, -0.2) is 18.1 Å². The summed E-state index contributed by atoms with van der Waals surface area (Å²) < 4.78 is 25.8. The zero-order valence-corrected chi connectivity index (χ0v) is 15.6. The second-order valence-corrected chi connectivity index (χ2v) is 8.83. The van der Waals surface area contributed by atoms with E-state index in [0.717, 1.165) is 25.3 Å². The largest absolute Gasteiger partial charge is 0.355 e. The first-order valence-electron chi connectivity index (χ1n) is 8.09. The molecule has 8 heteroatoms. The van der Waals surface area contributed by atoms with Gasteiger partial charge < -0.3 is 9.80 Å². The summed E-state index contributed by atoms with van der Waals surface area (Å²) >= 11 is 0. The summed E-state index contributed by atoms with van der Waals surface area (Å²) in [6, 6.07) is 3.27. The molecule has 1 N–H and O–H groups in total. The van der Waals surface area contributed by atoms with Gasteiger partial charge in [-0.05, 0) is 25.6 Å². The number of hydrogen-bond acceptors (Lipinski definition) is 5. The first-order valence-corrected chi connectivity index (χ1v) is 9.57. The molecule has 0 saturated carbocycles. The van der Waals surface area contributed by atoms with Crippen molar-refractivity contribution in [2.75, 3.05) is 38.1 Å². The Labute approximate surface area is 144 Å². The van der Waals surface area contributed by atoms with Crippen LogP contribution in [0, 0.1) is 5.41 Å². The van der Waals surface area contributed by atoms with E-state index in [-0.39, 0.29) is 16.2 Å². The summed E-state index contributed by atoms with van der Waals surface area (Å²) in [6.07, 6.45) is 2.23. The van der Waals surface area contributed by atoms with Gasteiger partial charge in [-0.1, -0.05) is 20.8 Å². The Morgan fingerprint density at radius 2 is 1.88 bits per heavy atom. The number of nitrogens with zero attached hydrogens (tertiary/aromatic N) is 3. The molecule has 1 aromatic rings. The van der Waals surface area contributed by atoms with Gasteiger partial charge in [0.25, 0.3) is 0 Å². The van der Waals surface area contributed by atoms with Gasteiger partial charge in [0.15, 0.2) is 0 Å². The summed E-state index contributed by atoms with van der Waals surface area (Å²) in [5.41, 5.74) is -0.378. The topological polar surface area (TPSA) is 82.6 Å². The Bertz CT molecular complexity index is 680. The standard InChI is InChI=1S/C16H26N4O3S/c1-16(2,3)15(21)20-9-5-8-19(10-11-20)14-7-6-13(12-18-14)24(22,23)17-4/h6-7,12,17H,5,8-11H2,1-4H3. The molecule has 1 aliphatic rings. The van der Waals surface area contributed by atoms with Crippen LogP contribution in [0.1, 0.15) is 27.2 Å². The molecule has 0 aliphatic carbocycles. The predicted octanol–water partition coefficient (Wildman–Crippen LogP) is 1.07. The number of anilines is 1. The lowest BCUT2D eigenvalue weighted by Gasteiger charge is -2.28. The second kappa shape index (κ2) is 7.06. The van der Waals surface area contributed by atoms with Crippen LogP contribution in [-0.4, -0.2) is 57.4 Å². The van der Waals surface area contributed by atoms with Crippen LogP contribution in [0.4, 0.5) is 5.82 Å². The van der Waals surface area contributed by atoms with Crippen LogP contribution in [0.3, 0.4) is 0 Å². The molecule has 0 bridgehead atoms. The van der Waals surface area contributed by atoms with Gasteiger partial charge in [0.05, 0.1) is 0 Å². The summed E-state index contributed by atoms with van der Waals surface area (Å²) in [5.74, 6) is 0.892. The molecule has 24 heavy (non-hydrogen) atoms. The maximum Gasteiger partial charge on any atom is 0.241 e. The molecule has 134 valence electrons. The number of amides is 1. The fourth-order valence-electron chi connectivity index (χ4n) is 2.66. The van der Waals surface area contributed by atoms with E-state index >= 15 is 0 Å². The van der Waals surface area contributed by atoms with Crippen molar-refractivity contribution in [3.8, 4) is 0 Å². The van der Waals surface area contributed by atoms with Gasteiger partial charge in [0.1, 0.15) is 10.7 Å². The third-order valence-electron chi connectivity index (χ3n) is 4.05. The molecular formula is C16H26N4O3S. The minimum Gasteiger partial charge on any atom is -0.355 e. The normalized spacial score (nSPS) is 16.8. The smallest absolute Gasteiger partial charge is 0.241 e. The summed E-state index contributed by atoms with van der Waals surface area (Å²) in [4.78, 5) is 20.8. The zero-order valence-electron chi connectivity index (χ0n) is 14.7. The van der Waals surface area contributed by atoms with Gasteiger partial charge in [0.2, 0.25) is 15.9 Å². The van der Waals surface area contributed by atoms with E-state index in [0.29, 0.717) is 13.1 Å². The van der Waals surface area contributed by atoms with E-state index in [1.807, 2.05) is 25.7 Å². The Balaban J connectivity index is 2.08. The molecule has 1 amide bonds. The van der Waals surface area contributed by atoms with E-state index < -0.39 is 10.0 Å². The van der Waals surface area contributed by atoms with E-state index in [4.69, 9.17) is 0 Å². The Morgan fingerprint density at radius 1 is 1.17 bits per heavy atom. The Morgan fingerprint density at radius 3 is 2.42 bits per heavy atom. The molecule has 0 radical (unpaired) electrons. The molecule has 2 heterocycles. The lowest BCUT2D eigenvalue weighted by atomic mass is 9.94. The van der Waals surface area contributed by atoms with Crippen LogP contribution >= 0.6 is 0 Å². The van der Waals surface area contributed by atoms with Crippen LogP contribution in [0.15, 0.2) is 23.2 Å². The van der Waals surface area contributed by atoms with Crippen molar-refractivity contribution in [2.24, 2.45) is 5.41 Å². The fraction of sp³-hybridized carbons (Fsp3) is 0.625. The maximum absolute atomic E-state index is 12.4. The lowest BCUT2D eigenvalue weighted by molar-refractivity contribution is -0.139. The first-order chi connectivity index (χ1) is 11.1. The number of nitrogens with one attached hydrogen (secondary N) is 1. The van der Waals surface area contributed by atoms with Gasteiger partial charge in [-0.3, -0.25) is 4.79 Å². The highest BCUT2D eigenvalue weighted by Gasteiger charge is 2.28. The van der Waals surface area contributed by atoms with Crippen LogP contribution in [0.2, 0.25) is 0 Å². The molecule has 1 fully saturated rings. The monoisotopic (exact) mass is 354 g/mol. The highest BCUT2D eigenvalue weighted by Crippen LogP contribution is 2.20. The molecule has 0 unspecified atom stereocenters. The van der Waals surface area contributed by atoms with Gasteiger partial charge in [-0.2, -0.15) is 0 Å². The molecule has 7 nitrogen and oxygen atoms in total. The van der Waals surface area contributed by atoms with Crippen LogP contribution in [0.25, 0.3) is 0 Å². The van der Waals surface area contributed by atoms with Crippen LogP contribution in [-0.2, 0) is 14.8 Å². The number of sulfonamides is 1. The average Bonchev–Trinajstić information content (AvgIpc) is 2.79. The van der Waals surface area contributed by atoms with Crippen molar-refractivity contribution >= 4 is 21.7 Å². The highest BCUT2D eigenvalue weighted by molar-refractivity contribution is 7.89. The van der Waals surface area contributed by atoms with Crippen molar-refractivity contribution < 1.29 is 13.2 Å². The molecule has 1 saturated heterocycles. The van der Waals surface area contributed by atoms with Crippen LogP contribution in [0.5, 0.6) is 0 Å². The van der Waals surface area contributed by atoms with E-state index in [1.54, 1.807) is 12.1 Å². The lowest BCUT2D eigenvalue weighted by Crippen LogP contribution is -2.41. The average molecular weight is 354 g/mol. The summed E-state index contributed by atoms with van der Waals surface area (Å²) in [5, 5.41) is 0. The molecule has 0 aromatic carbocycles. The van der Waals surface area contributed by atoms with Gasteiger partial charge >= 0.3 is 0 Å². The molecular weight excluding hydrogens is 328 g/mol. The number of carbonyl (C=O) groups is 1. The van der Waals surface area contributed by atoms with Crippen molar-refractivity contribution in [2.45, 2.75) is 32.1 Å². The van der Waals surface area contributed by atoms with E-state index in [2.05, 4.69) is 14.6 Å². The number of aromatic nitrogens is 1. The molecule has 1 aromatic heterocycles. The second-order valence-electron chi connectivity index (χ2n) is 6.94. The fourth-order valence-corrected chi connectivity index (χ4v) is 3.33. The van der Waals surface area contributed by atoms with Crippen LogP contribution < -0.4 is 9.62 Å². The molecule has 1 aliphatic heterocycles. The number of carbonyl (C=O) groups excluding carboxylic acids is 1. The summed E-state index contributed by atoms with van der Waals surface area (Å²) in [6.45, 7) is 8.65. The first kappa shape index (κ1) is 18.7. The van der Waals surface area contributed by atoms with Crippen molar-refractivity contribution in [3.63, 3.8) is 0 Å².